The maximum atomic E-state index is 10.7. The van der Waals surface area contributed by atoms with Crippen LogP contribution in [0.2, 0.25) is 0 Å². The summed E-state index contributed by atoms with van der Waals surface area (Å²) >= 11 is 1.15. The van der Waals surface area contributed by atoms with Gasteiger partial charge in [0.1, 0.15) is 16.6 Å². The van der Waals surface area contributed by atoms with Gasteiger partial charge >= 0.3 is 5.97 Å². The smallest absolute Gasteiger partial charge is 0.319 e. The number of aliphatic carboxylic acids is 1. The Morgan fingerprint density at radius 1 is 1.79 bits per heavy atom. The molecule has 0 saturated heterocycles. The zero-order chi connectivity index (χ0) is 10.4. The van der Waals surface area contributed by atoms with Gasteiger partial charge in [0.25, 0.3) is 0 Å². The van der Waals surface area contributed by atoms with Crippen LogP contribution in [0, 0.1) is 0 Å². The Morgan fingerprint density at radius 2 is 2.57 bits per heavy atom. The van der Waals surface area contributed by atoms with Gasteiger partial charge in [-0.25, -0.2) is 9.97 Å². The molecule has 1 aromatic heterocycles. The molecule has 1 heterocycles. The normalized spacial score (nSPS) is 12.4. The number of rotatable bonds is 5. The zero-order valence-corrected chi connectivity index (χ0v) is 8.40. The molecule has 76 valence electrons. The summed E-state index contributed by atoms with van der Waals surface area (Å²) in [5.41, 5.74) is 0. The number of aromatic nitrogens is 2. The third-order valence-electron chi connectivity index (χ3n) is 1.41. The molecule has 0 radical (unpaired) electrons. The summed E-state index contributed by atoms with van der Waals surface area (Å²) in [5.74, 6) is -0.907. The maximum absolute atomic E-state index is 10.7. The van der Waals surface area contributed by atoms with Gasteiger partial charge in [0, 0.05) is 13.3 Å². The molecule has 6 heteroatoms. The van der Waals surface area contributed by atoms with Crippen LogP contribution in [-0.2, 0) is 9.53 Å². The molecule has 0 aromatic carbocycles. The van der Waals surface area contributed by atoms with Crippen molar-refractivity contribution in [1.82, 2.24) is 9.97 Å². The van der Waals surface area contributed by atoms with Crippen molar-refractivity contribution >= 4 is 17.7 Å². The van der Waals surface area contributed by atoms with Crippen molar-refractivity contribution in [3.8, 4) is 0 Å². The lowest BCUT2D eigenvalue weighted by molar-refractivity contribution is -0.137. The van der Waals surface area contributed by atoms with Crippen LogP contribution in [0.15, 0.2) is 23.6 Å². The van der Waals surface area contributed by atoms with E-state index in [-0.39, 0.29) is 6.61 Å². The minimum absolute atomic E-state index is 0.157. The molecule has 0 amide bonds. The second kappa shape index (κ2) is 5.56. The number of hydrogen-bond donors (Lipinski definition) is 1. The van der Waals surface area contributed by atoms with E-state index in [1.165, 1.54) is 13.4 Å². The molecule has 0 saturated carbocycles. The second-order valence-corrected chi connectivity index (χ2v) is 3.67. The van der Waals surface area contributed by atoms with Crippen LogP contribution < -0.4 is 0 Å². The van der Waals surface area contributed by atoms with Crippen molar-refractivity contribution in [3.05, 3.63) is 18.6 Å². The van der Waals surface area contributed by atoms with Crippen molar-refractivity contribution in [2.75, 3.05) is 13.7 Å². The number of nitrogens with zero attached hydrogens (tertiary/aromatic N) is 2. The molecule has 1 N–H and O–H groups in total. The topological polar surface area (TPSA) is 72.3 Å². The number of carboxylic acid groups (broad SMARTS) is 1. The lowest BCUT2D eigenvalue weighted by atomic mass is 10.5. The van der Waals surface area contributed by atoms with Crippen molar-refractivity contribution in [2.24, 2.45) is 0 Å². The molecule has 14 heavy (non-hydrogen) atoms. The summed E-state index contributed by atoms with van der Waals surface area (Å²) in [7, 11) is 1.47. The average Bonchev–Trinajstić information content (AvgIpc) is 2.18. The van der Waals surface area contributed by atoms with E-state index in [1.807, 2.05) is 0 Å². The summed E-state index contributed by atoms with van der Waals surface area (Å²) in [6.45, 7) is 0.157. The van der Waals surface area contributed by atoms with Crippen molar-refractivity contribution in [2.45, 2.75) is 10.3 Å². The van der Waals surface area contributed by atoms with Crippen LogP contribution in [-0.4, -0.2) is 40.0 Å². The maximum Gasteiger partial charge on any atom is 0.319 e. The summed E-state index contributed by atoms with van der Waals surface area (Å²) in [6, 6.07) is 1.66. The Hall–Kier alpha value is -1.14. The van der Waals surface area contributed by atoms with E-state index in [2.05, 4.69) is 9.97 Å². The van der Waals surface area contributed by atoms with Crippen molar-refractivity contribution in [1.29, 1.82) is 0 Å². The van der Waals surface area contributed by atoms with Crippen LogP contribution in [0.5, 0.6) is 0 Å². The molecule has 0 fully saturated rings. The van der Waals surface area contributed by atoms with Gasteiger partial charge in [-0.05, 0) is 6.07 Å². The lowest BCUT2D eigenvalue weighted by Gasteiger charge is -2.09. The first-order chi connectivity index (χ1) is 6.74. The standard InChI is InChI=1S/C8H10N2O3S/c1-13-4-6(8(11)12)14-7-2-3-9-5-10-7/h2-3,5-6H,4H2,1H3,(H,11,12). The first kappa shape index (κ1) is 10.9. The number of methoxy groups -OCH3 is 1. The van der Waals surface area contributed by atoms with Crippen molar-refractivity contribution in [3.63, 3.8) is 0 Å². The Bertz CT molecular complexity index is 294. The van der Waals surface area contributed by atoms with Gasteiger partial charge < -0.3 is 9.84 Å². The molecule has 0 bridgehead atoms. The van der Waals surface area contributed by atoms with E-state index in [0.717, 1.165) is 11.8 Å². The summed E-state index contributed by atoms with van der Waals surface area (Å²) in [6.07, 6.45) is 2.95. The largest absolute Gasteiger partial charge is 0.480 e. The van der Waals surface area contributed by atoms with E-state index in [1.54, 1.807) is 12.3 Å². The van der Waals surface area contributed by atoms with Crippen LogP contribution >= 0.6 is 11.8 Å². The van der Waals surface area contributed by atoms with Gasteiger partial charge in [0.2, 0.25) is 0 Å². The number of thioether (sulfide) groups is 1. The van der Waals surface area contributed by atoms with Gasteiger partial charge in [-0.3, -0.25) is 4.79 Å². The Kier molecular flexibility index (Phi) is 4.34. The molecule has 5 nitrogen and oxygen atoms in total. The molecule has 1 atom stereocenters. The van der Waals surface area contributed by atoms with Crippen LogP contribution in [0.25, 0.3) is 0 Å². The Labute approximate surface area is 85.5 Å². The van der Waals surface area contributed by atoms with Crippen molar-refractivity contribution < 1.29 is 14.6 Å². The number of carbonyl (C=O) groups is 1. The highest BCUT2D eigenvalue weighted by molar-refractivity contribution is 8.00. The first-order valence-corrected chi connectivity index (χ1v) is 4.76. The van der Waals surface area contributed by atoms with E-state index in [9.17, 15) is 4.79 Å². The Balaban J connectivity index is 2.60. The molecular weight excluding hydrogens is 204 g/mol. The molecule has 0 aliphatic carbocycles. The minimum atomic E-state index is -0.907. The summed E-state index contributed by atoms with van der Waals surface area (Å²) in [4.78, 5) is 18.4. The van der Waals surface area contributed by atoms with Crippen LogP contribution in [0.4, 0.5) is 0 Å². The molecule has 0 aliphatic rings. The third kappa shape index (κ3) is 3.31. The predicted molar refractivity (Wildman–Crippen MR) is 51.2 cm³/mol. The Morgan fingerprint density at radius 3 is 3.07 bits per heavy atom. The van der Waals surface area contributed by atoms with Gasteiger partial charge in [0.15, 0.2) is 0 Å². The fourth-order valence-corrected chi connectivity index (χ4v) is 1.64. The van der Waals surface area contributed by atoms with E-state index >= 15 is 0 Å². The highest BCUT2D eigenvalue weighted by atomic mass is 32.2. The molecule has 0 aliphatic heterocycles. The monoisotopic (exact) mass is 214 g/mol. The van der Waals surface area contributed by atoms with Crippen LogP contribution in [0.1, 0.15) is 0 Å². The molecular formula is C8H10N2O3S. The average molecular weight is 214 g/mol. The molecule has 0 spiro atoms. The fourth-order valence-electron chi connectivity index (χ4n) is 0.801. The zero-order valence-electron chi connectivity index (χ0n) is 7.58. The molecule has 1 aromatic rings. The van der Waals surface area contributed by atoms with E-state index in [0.29, 0.717) is 5.03 Å². The van der Waals surface area contributed by atoms with Gasteiger partial charge in [0.05, 0.1) is 6.61 Å². The third-order valence-corrected chi connectivity index (χ3v) is 2.52. The lowest BCUT2D eigenvalue weighted by Crippen LogP contribution is -2.21. The highest BCUT2D eigenvalue weighted by Crippen LogP contribution is 2.20. The number of carboxylic acids is 1. The van der Waals surface area contributed by atoms with Gasteiger partial charge in [-0.15, -0.1) is 0 Å². The highest BCUT2D eigenvalue weighted by Gasteiger charge is 2.18. The second-order valence-electron chi connectivity index (χ2n) is 2.45. The number of ether oxygens (including phenoxy) is 1. The van der Waals surface area contributed by atoms with E-state index in [4.69, 9.17) is 9.84 Å². The molecule has 1 rings (SSSR count). The van der Waals surface area contributed by atoms with Gasteiger partial charge in [-0.1, -0.05) is 11.8 Å². The van der Waals surface area contributed by atoms with Crippen LogP contribution in [0.3, 0.4) is 0 Å². The van der Waals surface area contributed by atoms with E-state index < -0.39 is 11.2 Å². The van der Waals surface area contributed by atoms with Gasteiger partial charge in [-0.2, -0.15) is 0 Å². The minimum Gasteiger partial charge on any atom is -0.480 e. The number of hydrogen-bond acceptors (Lipinski definition) is 5. The molecule has 1 unspecified atom stereocenters. The summed E-state index contributed by atoms with van der Waals surface area (Å²) in [5, 5.41) is 8.82. The SMILES string of the molecule is COCC(Sc1ccncn1)C(=O)O. The quantitative estimate of drug-likeness (QED) is 0.573. The predicted octanol–water partition coefficient (Wildman–Crippen LogP) is 0.668. The summed E-state index contributed by atoms with van der Waals surface area (Å²) < 4.78 is 4.79. The first-order valence-electron chi connectivity index (χ1n) is 3.88. The fraction of sp³-hybridized carbons (Fsp3) is 0.375.